The standard InChI is InChI=1S/C10H15NO2/c1-2-3-9(11)8-5-4-7(12)6-10(8)13/h4-6,9,12-13H,2-3,11H2,1H3/t9-/m0/s1. The van der Waals surface area contributed by atoms with Gasteiger partial charge in [0, 0.05) is 17.7 Å². The lowest BCUT2D eigenvalue weighted by Gasteiger charge is -2.12. The number of benzene rings is 1. The molecule has 0 saturated heterocycles. The number of hydrogen-bond acceptors (Lipinski definition) is 3. The molecule has 0 aliphatic heterocycles. The Labute approximate surface area is 77.8 Å². The summed E-state index contributed by atoms with van der Waals surface area (Å²) >= 11 is 0. The van der Waals surface area contributed by atoms with E-state index in [1.165, 1.54) is 12.1 Å². The maximum Gasteiger partial charge on any atom is 0.124 e. The summed E-state index contributed by atoms with van der Waals surface area (Å²) in [6.07, 6.45) is 1.81. The van der Waals surface area contributed by atoms with E-state index in [1.54, 1.807) is 6.07 Å². The molecule has 3 nitrogen and oxygen atoms in total. The zero-order chi connectivity index (χ0) is 9.84. The lowest BCUT2D eigenvalue weighted by molar-refractivity contribution is 0.439. The van der Waals surface area contributed by atoms with Gasteiger partial charge in [-0.3, -0.25) is 0 Å². The Kier molecular flexibility index (Phi) is 3.14. The van der Waals surface area contributed by atoms with E-state index in [1.807, 2.05) is 6.92 Å². The SMILES string of the molecule is CCC[C@H](N)c1ccc(O)cc1O. The third-order valence-electron chi connectivity index (χ3n) is 2.01. The van der Waals surface area contributed by atoms with Crippen LogP contribution in [0.25, 0.3) is 0 Å². The van der Waals surface area contributed by atoms with E-state index in [0.29, 0.717) is 5.56 Å². The molecule has 1 aromatic carbocycles. The molecule has 0 fully saturated rings. The van der Waals surface area contributed by atoms with Gasteiger partial charge in [-0.2, -0.15) is 0 Å². The van der Waals surface area contributed by atoms with Gasteiger partial charge in [-0.05, 0) is 12.5 Å². The molecule has 72 valence electrons. The van der Waals surface area contributed by atoms with Gasteiger partial charge in [0.05, 0.1) is 0 Å². The second-order valence-corrected chi connectivity index (χ2v) is 3.14. The Bertz CT molecular complexity index is 286. The van der Waals surface area contributed by atoms with Gasteiger partial charge in [0.25, 0.3) is 0 Å². The number of nitrogens with two attached hydrogens (primary N) is 1. The molecule has 0 aromatic heterocycles. The maximum atomic E-state index is 9.45. The van der Waals surface area contributed by atoms with Crippen molar-refractivity contribution in [2.24, 2.45) is 5.73 Å². The monoisotopic (exact) mass is 181 g/mol. The molecule has 0 bridgehead atoms. The van der Waals surface area contributed by atoms with Crippen LogP contribution >= 0.6 is 0 Å². The lowest BCUT2D eigenvalue weighted by atomic mass is 10.0. The van der Waals surface area contributed by atoms with Crippen molar-refractivity contribution in [3.63, 3.8) is 0 Å². The first-order valence-electron chi connectivity index (χ1n) is 4.42. The smallest absolute Gasteiger partial charge is 0.124 e. The molecular formula is C10H15NO2. The summed E-state index contributed by atoms with van der Waals surface area (Å²) in [4.78, 5) is 0. The molecule has 0 aliphatic carbocycles. The number of phenols is 2. The van der Waals surface area contributed by atoms with Crippen molar-refractivity contribution >= 4 is 0 Å². The summed E-state index contributed by atoms with van der Waals surface area (Å²) in [7, 11) is 0. The van der Waals surface area contributed by atoms with Crippen molar-refractivity contribution in [3.05, 3.63) is 23.8 Å². The first-order valence-corrected chi connectivity index (χ1v) is 4.42. The van der Waals surface area contributed by atoms with Crippen LogP contribution in [0.5, 0.6) is 11.5 Å². The lowest BCUT2D eigenvalue weighted by Crippen LogP contribution is -2.09. The summed E-state index contributed by atoms with van der Waals surface area (Å²) in [6.45, 7) is 2.04. The second-order valence-electron chi connectivity index (χ2n) is 3.14. The second kappa shape index (κ2) is 4.14. The zero-order valence-electron chi connectivity index (χ0n) is 7.70. The van der Waals surface area contributed by atoms with E-state index in [2.05, 4.69) is 0 Å². The average Bonchev–Trinajstić information content (AvgIpc) is 2.04. The van der Waals surface area contributed by atoms with Crippen molar-refractivity contribution in [2.45, 2.75) is 25.8 Å². The third-order valence-corrected chi connectivity index (χ3v) is 2.01. The summed E-state index contributed by atoms with van der Waals surface area (Å²) in [6, 6.07) is 4.35. The van der Waals surface area contributed by atoms with Crippen LogP contribution in [0.4, 0.5) is 0 Å². The summed E-state index contributed by atoms with van der Waals surface area (Å²) in [5.74, 6) is 0.130. The van der Waals surface area contributed by atoms with Crippen LogP contribution < -0.4 is 5.73 Å². The van der Waals surface area contributed by atoms with Gasteiger partial charge in [-0.25, -0.2) is 0 Å². The topological polar surface area (TPSA) is 66.5 Å². The van der Waals surface area contributed by atoms with Crippen molar-refractivity contribution < 1.29 is 10.2 Å². The Morgan fingerprint density at radius 3 is 2.62 bits per heavy atom. The van der Waals surface area contributed by atoms with Gasteiger partial charge in [0.1, 0.15) is 11.5 Å². The highest BCUT2D eigenvalue weighted by Crippen LogP contribution is 2.28. The van der Waals surface area contributed by atoms with E-state index in [-0.39, 0.29) is 17.5 Å². The van der Waals surface area contributed by atoms with Gasteiger partial charge in [0.15, 0.2) is 0 Å². The third kappa shape index (κ3) is 2.36. The highest BCUT2D eigenvalue weighted by atomic mass is 16.3. The molecule has 13 heavy (non-hydrogen) atoms. The molecule has 0 spiro atoms. The number of hydrogen-bond donors (Lipinski definition) is 3. The van der Waals surface area contributed by atoms with Gasteiger partial charge in [-0.15, -0.1) is 0 Å². The Morgan fingerprint density at radius 1 is 1.38 bits per heavy atom. The van der Waals surface area contributed by atoms with Crippen LogP contribution in [0.2, 0.25) is 0 Å². The molecule has 1 aromatic rings. The summed E-state index contributed by atoms with van der Waals surface area (Å²) < 4.78 is 0. The fraction of sp³-hybridized carbons (Fsp3) is 0.400. The minimum absolute atomic E-state index is 0.0601. The minimum atomic E-state index is -0.148. The van der Waals surface area contributed by atoms with Crippen LogP contribution in [0.3, 0.4) is 0 Å². The van der Waals surface area contributed by atoms with Gasteiger partial charge in [-0.1, -0.05) is 19.4 Å². The molecular weight excluding hydrogens is 166 g/mol. The highest BCUT2D eigenvalue weighted by molar-refractivity contribution is 5.40. The molecule has 0 radical (unpaired) electrons. The quantitative estimate of drug-likeness (QED) is 0.667. The number of rotatable bonds is 3. The van der Waals surface area contributed by atoms with Crippen LogP contribution in [-0.2, 0) is 0 Å². The maximum absolute atomic E-state index is 9.45. The fourth-order valence-corrected chi connectivity index (χ4v) is 1.31. The minimum Gasteiger partial charge on any atom is -0.508 e. The Hall–Kier alpha value is -1.22. The van der Waals surface area contributed by atoms with Crippen LogP contribution in [-0.4, -0.2) is 10.2 Å². The van der Waals surface area contributed by atoms with Crippen molar-refractivity contribution in [1.82, 2.24) is 0 Å². The highest BCUT2D eigenvalue weighted by Gasteiger charge is 2.09. The van der Waals surface area contributed by atoms with Crippen molar-refractivity contribution in [3.8, 4) is 11.5 Å². The molecule has 1 atom stereocenters. The fourth-order valence-electron chi connectivity index (χ4n) is 1.31. The molecule has 0 amide bonds. The predicted octanol–water partition coefficient (Wildman–Crippen LogP) is 1.90. The molecule has 0 aliphatic rings. The van der Waals surface area contributed by atoms with Crippen molar-refractivity contribution in [1.29, 1.82) is 0 Å². The normalized spacial score (nSPS) is 12.8. The van der Waals surface area contributed by atoms with E-state index in [0.717, 1.165) is 12.8 Å². The van der Waals surface area contributed by atoms with E-state index >= 15 is 0 Å². The predicted molar refractivity (Wildman–Crippen MR) is 51.6 cm³/mol. The van der Waals surface area contributed by atoms with E-state index in [4.69, 9.17) is 10.8 Å². The van der Waals surface area contributed by atoms with E-state index < -0.39 is 0 Å². The molecule has 0 heterocycles. The average molecular weight is 181 g/mol. The largest absolute Gasteiger partial charge is 0.508 e. The molecule has 0 saturated carbocycles. The summed E-state index contributed by atoms with van der Waals surface area (Å²) in [5.41, 5.74) is 6.51. The Morgan fingerprint density at radius 2 is 2.08 bits per heavy atom. The molecule has 1 rings (SSSR count). The van der Waals surface area contributed by atoms with Gasteiger partial charge >= 0.3 is 0 Å². The molecule has 3 heteroatoms. The first-order chi connectivity index (χ1) is 6.15. The number of phenolic OH excluding ortho intramolecular Hbond substituents is 2. The first kappa shape index (κ1) is 9.86. The van der Waals surface area contributed by atoms with Gasteiger partial charge in [0.2, 0.25) is 0 Å². The molecule has 0 unspecified atom stereocenters. The van der Waals surface area contributed by atoms with Crippen LogP contribution in [0.1, 0.15) is 31.4 Å². The van der Waals surface area contributed by atoms with Gasteiger partial charge < -0.3 is 15.9 Å². The molecule has 4 N–H and O–H groups in total. The van der Waals surface area contributed by atoms with E-state index in [9.17, 15) is 5.11 Å². The summed E-state index contributed by atoms with van der Waals surface area (Å²) in [5, 5.41) is 18.5. The van der Waals surface area contributed by atoms with Crippen LogP contribution in [0, 0.1) is 0 Å². The van der Waals surface area contributed by atoms with Crippen LogP contribution in [0.15, 0.2) is 18.2 Å². The number of aromatic hydroxyl groups is 2. The zero-order valence-corrected chi connectivity index (χ0v) is 7.70. The van der Waals surface area contributed by atoms with Crippen molar-refractivity contribution in [2.75, 3.05) is 0 Å². The Balaban J connectivity index is 2.88.